The molecule has 134 valence electrons. The average molecular weight is 352 g/mol. The molecule has 0 aliphatic heterocycles. The van der Waals surface area contributed by atoms with Gasteiger partial charge in [-0.2, -0.15) is 5.10 Å². The van der Waals surface area contributed by atoms with Crippen molar-refractivity contribution >= 4 is 22.7 Å². The van der Waals surface area contributed by atoms with Crippen molar-refractivity contribution < 1.29 is 0 Å². The maximum Gasteiger partial charge on any atom is 0.0561 e. The molecule has 1 unspecified atom stereocenters. The Labute approximate surface area is 160 Å². The third-order valence-corrected chi connectivity index (χ3v) is 5.57. The zero-order chi connectivity index (χ0) is 18.8. The number of nitrogens with one attached hydrogen (secondary N) is 1. The van der Waals surface area contributed by atoms with E-state index in [9.17, 15) is 0 Å². The van der Waals surface area contributed by atoms with Gasteiger partial charge in [-0.25, -0.2) is 0 Å². The molecule has 0 amide bonds. The van der Waals surface area contributed by atoms with Crippen LogP contribution < -0.4 is 5.43 Å². The molecule has 0 saturated heterocycles. The van der Waals surface area contributed by atoms with Gasteiger partial charge in [0.2, 0.25) is 0 Å². The summed E-state index contributed by atoms with van der Waals surface area (Å²) in [5.74, 6) is 0.313. The number of hydrazone groups is 1. The van der Waals surface area contributed by atoms with Crippen LogP contribution in [0.25, 0.3) is 10.8 Å². The zero-order valence-electron chi connectivity index (χ0n) is 16.0. The fraction of sp³-hybridized carbons (Fsp3) is 0.160. The predicted molar refractivity (Wildman–Crippen MR) is 116 cm³/mol. The Morgan fingerprint density at radius 1 is 0.852 bits per heavy atom. The number of nitrogens with zero attached hydrogens (tertiary/aromatic N) is 1. The second-order valence-electron chi connectivity index (χ2n) is 7.16. The first-order valence-electron chi connectivity index (χ1n) is 9.37. The number of para-hydroxylation sites is 1. The summed E-state index contributed by atoms with van der Waals surface area (Å²) in [7, 11) is 0. The van der Waals surface area contributed by atoms with E-state index in [0.29, 0.717) is 5.92 Å². The maximum atomic E-state index is 4.55. The minimum atomic E-state index is 0.313. The topological polar surface area (TPSA) is 24.4 Å². The number of anilines is 1. The van der Waals surface area contributed by atoms with Crippen LogP contribution in [0.5, 0.6) is 0 Å². The van der Waals surface area contributed by atoms with Gasteiger partial charge in [-0.1, -0.05) is 71.8 Å². The van der Waals surface area contributed by atoms with Gasteiger partial charge in [0.05, 0.1) is 11.9 Å². The van der Waals surface area contributed by atoms with Crippen LogP contribution in [0.15, 0.2) is 94.6 Å². The SMILES string of the molecule is CC1=CC(c2ccc3ccccc3c2C=NNc2ccccc2)C(C)=C1C. The first kappa shape index (κ1) is 17.3. The fourth-order valence-electron chi connectivity index (χ4n) is 3.78. The lowest BCUT2D eigenvalue weighted by Crippen LogP contribution is -2.02. The highest BCUT2D eigenvalue weighted by Crippen LogP contribution is 2.40. The largest absolute Gasteiger partial charge is 0.279 e. The number of hydrogen-bond acceptors (Lipinski definition) is 2. The smallest absolute Gasteiger partial charge is 0.0561 e. The van der Waals surface area contributed by atoms with E-state index < -0.39 is 0 Å². The third-order valence-electron chi connectivity index (χ3n) is 5.57. The van der Waals surface area contributed by atoms with Crippen LogP contribution in [0.3, 0.4) is 0 Å². The van der Waals surface area contributed by atoms with Crippen LogP contribution in [-0.2, 0) is 0 Å². The summed E-state index contributed by atoms with van der Waals surface area (Å²) < 4.78 is 0. The zero-order valence-corrected chi connectivity index (χ0v) is 16.0. The highest BCUT2D eigenvalue weighted by molar-refractivity contribution is 6.02. The van der Waals surface area contributed by atoms with E-state index in [1.165, 1.54) is 38.6 Å². The Kier molecular flexibility index (Phi) is 4.64. The molecule has 2 nitrogen and oxygen atoms in total. The summed E-state index contributed by atoms with van der Waals surface area (Å²) in [5.41, 5.74) is 10.8. The number of allylic oxidation sites excluding steroid dienone is 4. The molecular formula is C25H24N2. The molecule has 0 fully saturated rings. The molecule has 0 saturated carbocycles. The molecule has 0 radical (unpaired) electrons. The van der Waals surface area contributed by atoms with Gasteiger partial charge >= 0.3 is 0 Å². The minimum absolute atomic E-state index is 0.313. The normalized spacial score (nSPS) is 17.0. The van der Waals surface area contributed by atoms with Gasteiger partial charge in [-0.15, -0.1) is 0 Å². The number of hydrogen-bond donors (Lipinski definition) is 1. The molecule has 0 bridgehead atoms. The maximum absolute atomic E-state index is 4.55. The Morgan fingerprint density at radius 2 is 1.59 bits per heavy atom. The first-order chi connectivity index (χ1) is 13.1. The van der Waals surface area contributed by atoms with Gasteiger partial charge < -0.3 is 0 Å². The first-order valence-corrected chi connectivity index (χ1v) is 9.37. The monoisotopic (exact) mass is 352 g/mol. The van der Waals surface area contributed by atoms with Gasteiger partial charge in [-0.05, 0) is 54.8 Å². The van der Waals surface area contributed by atoms with Crippen molar-refractivity contribution in [2.45, 2.75) is 26.7 Å². The lowest BCUT2D eigenvalue weighted by Gasteiger charge is -2.16. The molecular weight excluding hydrogens is 328 g/mol. The van der Waals surface area contributed by atoms with Crippen molar-refractivity contribution in [3.63, 3.8) is 0 Å². The van der Waals surface area contributed by atoms with E-state index in [0.717, 1.165) is 5.69 Å². The van der Waals surface area contributed by atoms with Crippen molar-refractivity contribution in [1.29, 1.82) is 0 Å². The highest BCUT2D eigenvalue weighted by Gasteiger charge is 2.22. The van der Waals surface area contributed by atoms with Crippen LogP contribution in [0.1, 0.15) is 37.8 Å². The molecule has 27 heavy (non-hydrogen) atoms. The van der Waals surface area contributed by atoms with Crippen molar-refractivity contribution in [2.75, 3.05) is 5.43 Å². The van der Waals surface area contributed by atoms with E-state index in [1.54, 1.807) is 0 Å². The molecule has 1 atom stereocenters. The van der Waals surface area contributed by atoms with Crippen LogP contribution in [0, 0.1) is 0 Å². The van der Waals surface area contributed by atoms with Gasteiger partial charge in [0.1, 0.15) is 0 Å². The Hall–Kier alpha value is -3.13. The second kappa shape index (κ2) is 7.24. The summed E-state index contributed by atoms with van der Waals surface area (Å²) in [6.45, 7) is 6.66. The molecule has 1 N–H and O–H groups in total. The van der Waals surface area contributed by atoms with Gasteiger partial charge in [-0.3, -0.25) is 5.43 Å². The summed E-state index contributed by atoms with van der Waals surface area (Å²) in [6.07, 6.45) is 4.34. The standard InChI is InChI=1S/C25H24N2/c1-17-15-24(19(3)18(17)2)23-14-13-20-9-7-8-12-22(20)25(23)16-26-27-21-10-5-4-6-11-21/h4-16,24,27H,1-3H3. The molecule has 4 rings (SSSR count). The van der Waals surface area contributed by atoms with Crippen LogP contribution in [-0.4, -0.2) is 6.21 Å². The summed E-state index contributed by atoms with van der Waals surface area (Å²) in [6, 6.07) is 23.0. The summed E-state index contributed by atoms with van der Waals surface area (Å²) >= 11 is 0. The van der Waals surface area contributed by atoms with Crippen LogP contribution in [0.2, 0.25) is 0 Å². The highest BCUT2D eigenvalue weighted by atomic mass is 15.3. The molecule has 2 heteroatoms. The third kappa shape index (κ3) is 3.31. The average Bonchev–Trinajstić information content (AvgIpc) is 2.96. The molecule has 1 aliphatic carbocycles. The Morgan fingerprint density at radius 3 is 2.33 bits per heavy atom. The van der Waals surface area contributed by atoms with E-state index in [1.807, 2.05) is 36.5 Å². The summed E-state index contributed by atoms with van der Waals surface area (Å²) in [4.78, 5) is 0. The van der Waals surface area contributed by atoms with E-state index in [4.69, 9.17) is 0 Å². The van der Waals surface area contributed by atoms with E-state index >= 15 is 0 Å². The van der Waals surface area contributed by atoms with Gasteiger partial charge in [0.25, 0.3) is 0 Å². The Bertz CT molecular complexity index is 1070. The number of fused-ring (bicyclic) bond motifs is 1. The van der Waals surface area contributed by atoms with Crippen molar-refractivity contribution in [3.8, 4) is 0 Å². The molecule has 3 aromatic carbocycles. The second-order valence-corrected chi connectivity index (χ2v) is 7.16. The number of rotatable bonds is 4. The van der Waals surface area contributed by atoms with E-state index in [-0.39, 0.29) is 0 Å². The lowest BCUT2D eigenvalue weighted by molar-refractivity contribution is 1.00. The quantitative estimate of drug-likeness (QED) is 0.412. The molecule has 0 heterocycles. The molecule has 0 aromatic heterocycles. The molecule has 0 spiro atoms. The summed E-state index contributed by atoms with van der Waals surface area (Å²) in [5, 5.41) is 7.01. The van der Waals surface area contributed by atoms with Crippen molar-refractivity contribution in [1.82, 2.24) is 0 Å². The van der Waals surface area contributed by atoms with Crippen LogP contribution in [0.4, 0.5) is 5.69 Å². The van der Waals surface area contributed by atoms with Gasteiger partial charge in [0, 0.05) is 11.5 Å². The van der Waals surface area contributed by atoms with Crippen molar-refractivity contribution in [2.24, 2.45) is 5.10 Å². The molecule has 3 aromatic rings. The predicted octanol–water partition coefficient (Wildman–Crippen LogP) is 6.67. The number of benzene rings is 3. The van der Waals surface area contributed by atoms with E-state index in [2.05, 4.69) is 73.8 Å². The lowest BCUT2D eigenvalue weighted by atomic mass is 9.87. The Balaban J connectivity index is 1.79. The fourth-order valence-corrected chi connectivity index (χ4v) is 3.78. The van der Waals surface area contributed by atoms with Gasteiger partial charge in [0.15, 0.2) is 0 Å². The minimum Gasteiger partial charge on any atom is -0.279 e. The van der Waals surface area contributed by atoms with Crippen molar-refractivity contribution in [3.05, 3.63) is 101 Å². The van der Waals surface area contributed by atoms with Crippen LogP contribution >= 0.6 is 0 Å². The molecule has 1 aliphatic rings.